The van der Waals surface area contributed by atoms with E-state index in [2.05, 4.69) is 10.0 Å². The molecule has 1 amide bonds. The number of amides is 1. The number of benzene rings is 2. The van der Waals surface area contributed by atoms with Crippen LogP contribution < -0.4 is 14.9 Å². The van der Waals surface area contributed by atoms with Crippen LogP contribution in [0.3, 0.4) is 0 Å². The first kappa shape index (κ1) is 21.4. The van der Waals surface area contributed by atoms with Gasteiger partial charge in [-0.3, -0.25) is 4.79 Å². The van der Waals surface area contributed by atoms with Gasteiger partial charge >= 0.3 is 0 Å². The van der Waals surface area contributed by atoms with E-state index in [4.69, 9.17) is 11.6 Å². The number of carbonyl (C=O) groups is 1. The largest absolute Gasteiger partial charge is 0.344 e. The van der Waals surface area contributed by atoms with Gasteiger partial charge in [0.15, 0.2) is 0 Å². The predicted octanol–water partition coefficient (Wildman–Crippen LogP) is 1.01. The zero-order valence-corrected chi connectivity index (χ0v) is 17.0. The van der Waals surface area contributed by atoms with Gasteiger partial charge in [-0.25, -0.2) is 13.1 Å². The van der Waals surface area contributed by atoms with Crippen molar-refractivity contribution in [2.24, 2.45) is 0 Å². The fourth-order valence-electron chi connectivity index (χ4n) is 2.61. The molecule has 0 fully saturated rings. The highest BCUT2D eigenvalue weighted by Gasteiger charge is 2.18. The number of nitrogens with one attached hydrogen (secondary N) is 3. The van der Waals surface area contributed by atoms with Crippen LogP contribution in [-0.4, -0.2) is 41.5 Å². The van der Waals surface area contributed by atoms with E-state index in [9.17, 15) is 13.2 Å². The molecule has 146 valence electrons. The molecule has 8 heteroatoms. The molecule has 0 saturated heterocycles. The van der Waals surface area contributed by atoms with Gasteiger partial charge in [-0.1, -0.05) is 41.9 Å². The Kier molecular flexibility index (Phi) is 7.79. The lowest BCUT2D eigenvalue weighted by molar-refractivity contribution is -0.860. The standard InChI is InChI=1S/C19H24ClN3O3S/c1-23(2)14-18(15-6-4-3-5-7-15)22-19(24)12-13-21-27(25,26)17-10-8-16(20)9-11-17/h3-11,18,21H,12-14H2,1-2H3,(H,22,24)/p+1/t18-/m1/s1. The Hall–Kier alpha value is -1.93. The molecule has 3 N–H and O–H groups in total. The summed E-state index contributed by atoms with van der Waals surface area (Å²) in [4.78, 5) is 13.6. The molecule has 1 atom stereocenters. The molecule has 6 nitrogen and oxygen atoms in total. The minimum absolute atomic E-state index is 0.0210. The average molecular weight is 411 g/mol. The van der Waals surface area contributed by atoms with Crippen LogP contribution in [0, 0.1) is 0 Å². The van der Waals surface area contributed by atoms with Crippen LogP contribution in [0.1, 0.15) is 18.0 Å². The number of rotatable bonds is 9. The van der Waals surface area contributed by atoms with Gasteiger partial charge < -0.3 is 10.2 Å². The van der Waals surface area contributed by atoms with E-state index in [1.807, 2.05) is 44.4 Å². The number of halogens is 1. The highest BCUT2D eigenvalue weighted by molar-refractivity contribution is 7.89. The van der Waals surface area contributed by atoms with Gasteiger partial charge in [0.2, 0.25) is 15.9 Å². The van der Waals surface area contributed by atoms with Crippen molar-refractivity contribution in [2.45, 2.75) is 17.4 Å². The van der Waals surface area contributed by atoms with Crippen LogP contribution >= 0.6 is 11.6 Å². The molecule has 2 aromatic rings. The van der Waals surface area contributed by atoms with Gasteiger partial charge in [-0.05, 0) is 29.8 Å². The van der Waals surface area contributed by atoms with Gasteiger partial charge in [0.05, 0.1) is 19.0 Å². The fourth-order valence-corrected chi connectivity index (χ4v) is 3.77. The van der Waals surface area contributed by atoms with Crippen LogP contribution in [-0.2, 0) is 14.8 Å². The molecule has 2 rings (SSSR count). The van der Waals surface area contributed by atoms with Crippen LogP contribution in [0.25, 0.3) is 0 Å². The highest BCUT2D eigenvalue weighted by atomic mass is 35.5. The lowest BCUT2D eigenvalue weighted by Gasteiger charge is -2.21. The zero-order valence-electron chi connectivity index (χ0n) is 15.4. The Morgan fingerprint density at radius 3 is 2.30 bits per heavy atom. The van der Waals surface area contributed by atoms with E-state index in [-0.39, 0.29) is 29.8 Å². The average Bonchev–Trinajstić information content (AvgIpc) is 2.62. The number of hydrogen-bond acceptors (Lipinski definition) is 3. The molecule has 0 aliphatic carbocycles. The van der Waals surface area contributed by atoms with Crippen molar-refractivity contribution in [3.8, 4) is 0 Å². The number of likely N-dealkylation sites (N-methyl/N-ethyl adjacent to an activating group) is 1. The summed E-state index contributed by atoms with van der Waals surface area (Å²) < 4.78 is 26.9. The van der Waals surface area contributed by atoms with Crippen molar-refractivity contribution < 1.29 is 18.1 Å². The summed E-state index contributed by atoms with van der Waals surface area (Å²) in [5.41, 5.74) is 1.02. The van der Waals surface area contributed by atoms with Crippen molar-refractivity contribution >= 4 is 27.5 Å². The molecule has 0 aliphatic heterocycles. The summed E-state index contributed by atoms with van der Waals surface area (Å²) in [5, 5.41) is 3.45. The monoisotopic (exact) mass is 410 g/mol. The number of quaternary nitrogens is 1. The van der Waals surface area contributed by atoms with Gasteiger partial charge in [-0.2, -0.15) is 0 Å². The minimum Gasteiger partial charge on any atom is -0.344 e. The summed E-state index contributed by atoms with van der Waals surface area (Å²) in [7, 11) is 0.367. The maximum absolute atomic E-state index is 12.3. The Bertz CT molecular complexity index is 840. The molecule has 0 bridgehead atoms. The Balaban J connectivity index is 1.91. The van der Waals surface area contributed by atoms with Gasteiger partial charge in [-0.15, -0.1) is 0 Å². The van der Waals surface area contributed by atoms with Crippen LogP contribution in [0.5, 0.6) is 0 Å². The third kappa shape index (κ3) is 6.95. The molecule has 0 spiro atoms. The fraction of sp³-hybridized carbons (Fsp3) is 0.316. The molecule has 2 aromatic carbocycles. The topological polar surface area (TPSA) is 79.7 Å². The zero-order chi connectivity index (χ0) is 19.9. The normalized spacial score (nSPS) is 12.7. The van der Waals surface area contributed by atoms with Crippen LogP contribution in [0.15, 0.2) is 59.5 Å². The van der Waals surface area contributed by atoms with Crippen molar-refractivity contribution in [3.05, 3.63) is 65.2 Å². The Morgan fingerprint density at radius 2 is 1.70 bits per heavy atom. The molecule has 0 heterocycles. The Labute approximate surface area is 165 Å². The van der Waals surface area contributed by atoms with Crippen molar-refractivity contribution in [3.63, 3.8) is 0 Å². The lowest BCUT2D eigenvalue weighted by atomic mass is 10.1. The first-order chi connectivity index (χ1) is 12.8. The first-order valence-corrected chi connectivity index (χ1v) is 10.5. The summed E-state index contributed by atoms with van der Waals surface area (Å²) in [6.45, 7) is 0.749. The third-order valence-corrected chi connectivity index (χ3v) is 5.65. The summed E-state index contributed by atoms with van der Waals surface area (Å²) in [6.07, 6.45) is 0.0545. The van der Waals surface area contributed by atoms with E-state index in [1.54, 1.807) is 0 Å². The second kappa shape index (κ2) is 9.85. The Morgan fingerprint density at radius 1 is 1.07 bits per heavy atom. The maximum Gasteiger partial charge on any atom is 0.240 e. The van der Waals surface area contributed by atoms with Crippen LogP contribution in [0.4, 0.5) is 0 Å². The molecular formula is C19H25ClN3O3S+. The predicted molar refractivity (Wildman–Crippen MR) is 106 cm³/mol. The highest BCUT2D eigenvalue weighted by Crippen LogP contribution is 2.14. The first-order valence-electron chi connectivity index (χ1n) is 8.66. The molecule has 0 aliphatic rings. The number of hydrogen-bond donors (Lipinski definition) is 3. The van der Waals surface area contributed by atoms with E-state index in [0.29, 0.717) is 5.02 Å². The smallest absolute Gasteiger partial charge is 0.240 e. The van der Waals surface area contributed by atoms with Gasteiger partial charge in [0.25, 0.3) is 0 Å². The molecule has 0 saturated carbocycles. The van der Waals surface area contributed by atoms with Crippen molar-refractivity contribution in [1.82, 2.24) is 10.0 Å². The number of sulfonamides is 1. The quantitative estimate of drug-likeness (QED) is 0.577. The minimum atomic E-state index is -3.67. The van der Waals surface area contributed by atoms with Crippen molar-refractivity contribution in [2.75, 3.05) is 27.2 Å². The summed E-state index contributed by atoms with van der Waals surface area (Å²) in [5.74, 6) is -0.205. The SMILES string of the molecule is C[NH+](C)C[C@@H](NC(=O)CCNS(=O)(=O)c1ccc(Cl)cc1)c1ccccc1. The van der Waals surface area contributed by atoms with E-state index in [0.717, 1.165) is 12.1 Å². The third-order valence-electron chi connectivity index (χ3n) is 3.92. The van der Waals surface area contributed by atoms with E-state index in [1.165, 1.54) is 29.2 Å². The molecule has 0 unspecified atom stereocenters. The molecule has 0 radical (unpaired) electrons. The lowest BCUT2D eigenvalue weighted by Crippen LogP contribution is -3.06. The summed E-state index contributed by atoms with van der Waals surface area (Å²) in [6, 6.07) is 15.5. The molecule has 0 aromatic heterocycles. The van der Waals surface area contributed by atoms with Crippen molar-refractivity contribution in [1.29, 1.82) is 0 Å². The summed E-state index contributed by atoms with van der Waals surface area (Å²) >= 11 is 5.77. The molecule has 27 heavy (non-hydrogen) atoms. The van der Waals surface area contributed by atoms with E-state index >= 15 is 0 Å². The maximum atomic E-state index is 12.3. The van der Waals surface area contributed by atoms with E-state index < -0.39 is 10.0 Å². The van der Waals surface area contributed by atoms with Gasteiger partial charge in [0, 0.05) is 18.0 Å². The van der Waals surface area contributed by atoms with Gasteiger partial charge in [0.1, 0.15) is 12.6 Å². The molecular weight excluding hydrogens is 386 g/mol. The second-order valence-electron chi connectivity index (χ2n) is 6.54. The number of carbonyl (C=O) groups excluding carboxylic acids is 1. The van der Waals surface area contributed by atoms with Crippen LogP contribution in [0.2, 0.25) is 5.02 Å². The second-order valence-corrected chi connectivity index (χ2v) is 8.75.